The molecule has 1 heterocycles. The van der Waals surface area contributed by atoms with Crippen LogP contribution >= 0.6 is 0 Å². The van der Waals surface area contributed by atoms with Crippen molar-refractivity contribution in [2.24, 2.45) is 0 Å². The van der Waals surface area contributed by atoms with Crippen molar-refractivity contribution in [3.05, 3.63) is 23.7 Å². The molecule has 1 rings (SSSR count). The fraction of sp³-hybridized carbons (Fsp3) is 0.286. The first kappa shape index (κ1) is 8.83. The minimum absolute atomic E-state index is 0.127. The summed E-state index contributed by atoms with van der Waals surface area (Å²) in [5, 5.41) is 0. The van der Waals surface area contributed by atoms with Crippen LogP contribution < -0.4 is 0 Å². The van der Waals surface area contributed by atoms with E-state index in [9.17, 15) is 18.0 Å². The molecule has 0 atom stereocenters. The van der Waals surface area contributed by atoms with Crippen molar-refractivity contribution in [3.8, 4) is 0 Å². The van der Waals surface area contributed by atoms with E-state index in [0.29, 0.717) is 0 Å². The van der Waals surface area contributed by atoms with E-state index in [1.165, 1.54) is 0 Å². The van der Waals surface area contributed by atoms with E-state index < -0.39 is 12.6 Å². The number of carbonyl (C=O) groups excluding carboxylic acids is 1. The molecule has 0 amide bonds. The van der Waals surface area contributed by atoms with Crippen molar-refractivity contribution < 1.29 is 22.4 Å². The number of carbonyl (C=O) groups is 1. The Morgan fingerprint density at radius 2 is 2.17 bits per heavy atom. The van der Waals surface area contributed by atoms with Crippen molar-refractivity contribution >= 4 is 6.29 Å². The number of hydrogen-bond acceptors (Lipinski definition) is 2. The van der Waals surface area contributed by atoms with Crippen molar-refractivity contribution in [1.29, 1.82) is 0 Å². The second-order valence-electron chi connectivity index (χ2n) is 2.22. The third kappa shape index (κ3) is 2.11. The van der Waals surface area contributed by atoms with Crippen LogP contribution in [0, 0.1) is 0 Å². The van der Waals surface area contributed by atoms with Gasteiger partial charge >= 0.3 is 6.18 Å². The minimum atomic E-state index is -4.30. The molecule has 0 fully saturated rings. The quantitative estimate of drug-likeness (QED) is 0.650. The Kier molecular flexibility index (Phi) is 2.21. The first-order valence-electron chi connectivity index (χ1n) is 3.11. The van der Waals surface area contributed by atoms with Gasteiger partial charge < -0.3 is 4.42 Å². The number of halogens is 3. The molecule has 1 aromatic rings. The second kappa shape index (κ2) is 3.00. The van der Waals surface area contributed by atoms with Crippen LogP contribution in [0.4, 0.5) is 13.2 Å². The maximum Gasteiger partial charge on any atom is 0.393 e. The normalized spacial score (nSPS) is 11.6. The van der Waals surface area contributed by atoms with Crippen LogP contribution in [0.2, 0.25) is 0 Å². The van der Waals surface area contributed by atoms with Crippen LogP contribution in [-0.2, 0) is 6.42 Å². The van der Waals surface area contributed by atoms with Gasteiger partial charge in [0.2, 0.25) is 0 Å². The van der Waals surface area contributed by atoms with Crippen LogP contribution in [0.25, 0.3) is 0 Å². The number of aldehydes is 1. The van der Waals surface area contributed by atoms with Crippen molar-refractivity contribution in [1.82, 2.24) is 0 Å². The van der Waals surface area contributed by atoms with Gasteiger partial charge in [0.15, 0.2) is 12.0 Å². The van der Waals surface area contributed by atoms with E-state index in [4.69, 9.17) is 0 Å². The van der Waals surface area contributed by atoms with Crippen LogP contribution in [0.15, 0.2) is 16.7 Å². The lowest BCUT2D eigenvalue weighted by Gasteiger charge is -2.03. The molecule has 12 heavy (non-hydrogen) atoms. The summed E-state index contributed by atoms with van der Waals surface area (Å²) in [6.07, 6.45) is -4.11. The molecule has 0 saturated carbocycles. The van der Waals surface area contributed by atoms with Crippen LogP contribution in [0.3, 0.4) is 0 Å². The van der Waals surface area contributed by atoms with E-state index in [2.05, 4.69) is 4.42 Å². The predicted molar refractivity (Wildman–Crippen MR) is 33.9 cm³/mol. The summed E-state index contributed by atoms with van der Waals surface area (Å²) in [7, 11) is 0. The summed E-state index contributed by atoms with van der Waals surface area (Å²) in [6, 6.07) is 1.14. The average molecular weight is 178 g/mol. The monoisotopic (exact) mass is 178 g/mol. The Balaban J connectivity index is 2.81. The van der Waals surface area contributed by atoms with Crippen molar-refractivity contribution in [2.75, 3.05) is 0 Å². The van der Waals surface area contributed by atoms with Crippen LogP contribution in [0.1, 0.15) is 16.1 Å². The minimum Gasteiger partial charge on any atom is -0.461 e. The third-order valence-corrected chi connectivity index (χ3v) is 1.28. The molecule has 0 aliphatic carbocycles. The molecular weight excluding hydrogens is 173 g/mol. The summed E-state index contributed by atoms with van der Waals surface area (Å²) >= 11 is 0. The first-order valence-corrected chi connectivity index (χ1v) is 3.11. The lowest BCUT2D eigenvalue weighted by atomic mass is 10.2. The lowest BCUT2D eigenvalue weighted by molar-refractivity contribution is -0.127. The molecule has 0 aliphatic rings. The molecule has 1 aromatic heterocycles. The van der Waals surface area contributed by atoms with E-state index >= 15 is 0 Å². The highest BCUT2D eigenvalue weighted by Gasteiger charge is 2.29. The fourth-order valence-corrected chi connectivity index (χ4v) is 0.813. The number of alkyl halides is 3. The molecule has 0 saturated heterocycles. The summed E-state index contributed by atoms with van der Waals surface area (Å²) in [4.78, 5) is 10.1. The first-order chi connectivity index (χ1) is 5.53. The Hall–Kier alpha value is -1.26. The van der Waals surface area contributed by atoms with Crippen molar-refractivity contribution in [3.63, 3.8) is 0 Å². The van der Waals surface area contributed by atoms with Gasteiger partial charge in [0.25, 0.3) is 0 Å². The van der Waals surface area contributed by atoms with Gasteiger partial charge in [0.1, 0.15) is 0 Å². The van der Waals surface area contributed by atoms with Crippen LogP contribution in [-0.4, -0.2) is 12.5 Å². The van der Waals surface area contributed by atoms with E-state index in [-0.39, 0.29) is 17.6 Å². The summed E-state index contributed by atoms with van der Waals surface area (Å²) in [5.74, 6) is -0.257. The number of hydrogen-bond donors (Lipinski definition) is 0. The SMILES string of the molecule is O=Cc1occc1CC(F)(F)F. The van der Waals surface area contributed by atoms with E-state index in [1.807, 2.05) is 0 Å². The van der Waals surface area contributed by atoms with Gasteiger partial charge in [-0.15, -0.1) is 0 Å². The van der Waals surface area contributed by atoms with Gasteiger partial charge in [-0.2, -0.15) is 13.2 Å². The maximum absolute atomic E-state index is 11.8. The van der Waals surface area contributed by atoms with Crippen LogP contribution in [0.5, 0.6) is 0 Å². The molecule has 5 heteroatoms. The molecule has 0 spiro atoms. The van der Waals surface area contributed by atoms with Gasteiger partial charge in [0.05, 0.1) is 12.7 Å². The zero-order chi connectivity index (χ0) is 9.19. The average Bonchev–Trinajstić information content (AvgIpc) is 2.31. The highest BCUT2D eigenvalue weighted by atomic mass is 19.4. The molecule has 0 aliphatic heterocycles. The Labute approximate surface area is 66.0 Å². The Morgan fingerprint density at radius 1 is 1.50 bits per heavy atom. The molecule has 0 aromatic carbocycles. The standard InChI is InChI=1S/C7H5F3O2/c8-7(9,10)3-5-1-2-12-6(5)4-11/h1-2,4H,3H2. The molecule has 0 radical (unpaired) electrons. The van der Waals surface area contributed by atoms with Gasteiger partial charge in [-0.05, 0) is 6.07 Å². The molecular formula is C7H5F3O2. The molecule has 0 unspecified atom stereocenters. The van der Waals surface area contributed by atoms with E-state index in [1.54, 1.807) is 0 Å². The summed E-state index contributed by atoms with van der Waals surface area (Å²) in [5.41, 5.74) is -0.127. The van der Waals surface area contributed by atoms with Gasteiger partial charge in [-0.1, -0.05) is 0 Å². The van der Waals surface area contributed by atoms with Gasteiger partial charge in [-0.3, -0.25) is 4.79 Å². The highest BCUT2D eigenvalue weighted by Crippen LogP contribution is 2.23. The van der Waals surface area contributed by atoms with Gasteiger partial charge in [-0.25, -0.2) is 0 Å². The lowest BCUT2D eigenvalue weighted by Crippen LogP contribution is -2.11. The Morgan fingerprint density at radius 3 is 2.67 bits per heavy atom. The predicted octanol–water partition coefficient (Wildman–Crippen LogP) is 2.20. The van der Waals surface area contributed by atoms with E-state index in [0.717, 1.165) is 12.3 Å². The molecule has 2 nitrogen and oxygen atoms in total. The topological polar surface area (TPSA) is 30.2 Å². The third-order valence-electron chi connectivity index (χ3n) is 1.28. The van der Waals surface area contributed by atoms with Crippen molar-refractivity contribution in [2.45, 2.75) is 12.6 Å². The molecule has 0 N–H and O–H groups in total. The summed E-state index contributed by atoms with van der Waals surface area (Å²) in [6.45, 7) is 0. The zero-order valence-corrected chi connectivity index (χ0v) is 5.89. The Bertz CT molecular complexity index is 274. The second-order valence-corrected chi connectivity index (χ2v) is 2.22. The number of rotatable bonds is 2. The largest absolute Gasteiger partial charge is 0.461 e. The number of furan rings is 1. The molecule has 0 bridgehead atoms. The van der Waals surface area contributed by atoms with Gasteiger partial charge in [0, 0.05) is 5.56 Å². The smallest absolute Gasteiger partial charge is 0.393 e. The zero-order valence-electron chi connectivity index (χ0n) is 5.89. The summed E-state index contributed by atoms with van der Waals surface area (Å²) < 4.78 is 39.8. The highest BCUT2D eigenvalue weighted by molar-refractivity contribution is 5.72. The fourth-order valence-electron chi connectivity index (χ4n) is 0.813. The maximum atomic E-state index is 11.8. The molecule has 66 valence electrons.